The van der Waals surface area contributed by atoms with Gasteiger partial charge in [-0.15, -0.1) is 0 Å². The third kappa shape index (κ3) is 2.55. The lowest BCUT2D eigenvalue weighted by Crippen LogP contribution is -2.73. The first kappa shape index (κ1) is 17.9. The van der Waals surface area contributed by atoms with Crippen LogP contribution in [-0.2, 0) is 0 Å². The fraction of sp³-hybridized carbons (Fsp3) is 0. The predicted molar refractivity (Wildman–Crippen MR) is 128 cm³/mol. The molecule has 0 saturated heterocycles. The van der Waals surface area contributed by atoms with E-state index in [0.29, 0.717) is 0 Å². The molecule has 0 unspecified atom stereocenters. The molecule has 0 amide bonds. The van der Waals surface area contributed by atoms with Crippen molar-refractivity contribution in [2.75, 3.05) is 0 Å². The summed E-state index contributed by atoms with van der Waals surface area (Å²) < 4.78 is 0. The first-order valence-electron chi connectivity index (χ1n) is 10.4. The number of aromatic nitrogens is 3. The summed E-state index contributed by atoms with van der Waals surface area (Å²) in [6.07, 6.45) is 9.52. The molecule has 1 aliphatic rings. The van der Waals surface area contributed by atoms with Gasteiger partial charge in [0, 0.05) is 36.5 Å². The predicted octanol–water partition coefficient (Wildman–Crippen LogP) is 2.90. The van der Waals surface area contributed by atoms with E-state index >= 15 is 0 Å². The Morgan fingerprint density at radius 2 is 1.10 bits per heavy atom. The third-order valence-corrected chi connectivity index (χ3v) is 11.2. The maximum absolute atomic E-state index is 4.74. The van der Waals surface area contributed by atoms with Crippen molar-refractivity contribution >= 4 is 28.8 Å². The fourth-order valence-electron chi connectivity index (χ4n) is 5.07. The summed E-state index contributed by atoms with van der Waals surface area (Å²) in [5.74, 6) is 0. The smallest absolute Gasteiger partial charge is 0.181 e. The van der Waals surface area contributed by atoms with E-state index in [-0.39, 0.29) is 0 Å². The minimum absolute atomic E-state index is 1.01. The molecule has 31 heavy (non-hydrogen) atoms. The van der Waals surface area contributed by atoms with Crippen LogP contribution in [0.1, 0.15) is 0 Å². The molecular weight excluding hydrogens is 394 g/mol. The van der Waals surface area contributed by atoms with Crippen LogP contribution >= 0.6 is 0 Å². The van der Waals surface area contributed by atoms with Gasteiger partial charge in [-0.3, -0.25) is 15.0 Å². The number of fused-ring (bicyclic) bond motifs is 3. The van der Waals surface area contributed by atoms with Crippen molar-refractivity contribution in [3.05, 3.63) is 116 Å². The van der Waals surface area contributed by atoms with Gasteiger partial charge in [0.25, 0.3) is 0 Å². The highest BCUT2D eigenvalue weighted by molar-refractivity contribution is 7.22. The molecule has 3 aromatic heterocycles. The van der Waals surface area contributed by atoms with E-state index in [2.05, 4.69) is 88.8 Å². The second kappa shape index (κ2) is 7.11. The Labute approximate surface area is 182 Å². The highest BCUT2D eigenvalue weighted by atomic mass is 28.3. The van der Waals surface area contributed by atoms with Crippen molar-refractivity contribution in [2.45, 2.75) is 0 Å². The van der Waals surface area contributed by atoms with Gasteiger partial charge in [0.2, 0.25) is 0 Å². The van der Waals surface area contributed by atoms with E-state index in [1.807, 2.05) is 37.1 Å². The van der Waals surface area contributed by atoms with Gasteiger partial charge in [0.1, 0.15) is 0 Å². The topological polar surface area (TPSA) is 38.7 Å². The van der Waals surface area contributed by atoms with E-state index in [9.17, 15) is 0 Å². The summed E-state index contributed by atoms with van der Waals surface area (Å²) in [4.78, 5) is 13.4. The standard InChI is InChI=1S/C27H19N3Si/c1-2-10-26-22(6-1)23-7-5-8-24(25-9-3-4-15-30-25)27(23)31(26,20-11-16-28-17-12-20)21-13-18-29-19-14-21/h1-19H. The van der Waals surface area contributed by atoms with Gasteiger partial charge < -0.3 is 0 Å². The SMILES string of the molecule is c1ccc(-c2cccc3c2[Si](c2ccncc2)(c2ccncc2)c2ccccc2-3)nc1. The Balaban J connectivity index is 1.82. The molecule has 0 saturated carbocycles. The molecule has 2 aromatic carbocycles. The highest BCUT2D eigenvalue weighted by Gasteiger charge is 2.50. The van der Waals surface area contributed by atoms with Crippen LogP contribution in [0.25, 0.3) is 22.4 Å². The molecule has 146 valence electrons. The average Bonchev–Trinajstić information content (AvgIpc) is 3.17. The molecule has 0 fully saturated rings. The normalized spacial score (nSPS) is 13.4. The van der Waals surface area contributed by atoms with E-state index in [1.54, 1.807) is 0 Å². The zero-order valence-electron chi connectivity index (χ0n) is 16.8. The van der Waals surface area contributed by atoms with Crippen molar-refractivity contribution in [3.63, 3.8) is 0 Å². The average molecular weight is 414 g/mol. The molecule has 0 atom stereocenters. The quantitative estimate of drug-likeness (QED) is 0.419. The van der Waals surface area contributed by atoms with Crippen LogP contribution in [0.3, 0.4) is 0 Å². The summed E-state index contributed by atoms with van der Waals surface area (Å²) in [6, 6.07) is 30.4. The number of hydrogen-bond donors (Lipinski definition) is 0. The van der Waals surface area contributed by atoms with Crippen LogP contribution in [0.2, 0.25) is 0 Å². The molecule has 0 spiro atoms. The lowest BCUT2D eigenvalue weighted by atomic mass is 10.0. The molecule has 0 radical (unpaired) electrons. The summed E-state index contributed by atoms with van der Waals surface area (Å²) in [6.45, 7) is 0. The Bertz CT molecular complexity index is 1330. The highest BCUT2D eigenvalue weighted by Crippen LogP contribution is 2.32. The first-order chi connectivity index (χ1) is 15.4. The first-order valence-corrected chi connectivity index (χ1v) is 12.4. The number of nitrogens with zero attached hydrogens (tertiary/aromatic N) is 3. The number of benzene rings is 2. The van der Waals surface area contributed by atoms with E-state index in [4.69, 9.17) is 4.98 Å². The Morgan fingerprint density at radius 3 is 1.77 bits per heavy atom. The molecule has 0 aliphatic carbocycles. The van der Waals surface area contributed by atoms with E-state index in [1.165, 1.54) is 37.4 Å². The number of pyridine rings is 3. The van der Waals surface area contributed by atoms with Crippen molar-refractivity contribution in [2.24, 2.45) is 0 Å². The molecule has 0 N–H and O–H groups in total. The van der Waals surface area contributed by atoms with Gasteiger partial charge in [-0.1, -0.05) is 48.5 Å². The monoisotopic (exact) mass is 413 g/mol. The van der Waals surface area contributed by atoms with Crippen LogP contribution in [0.4, 0.5) is 0 Å². The second-order valence-electron chi connectivity index (χ2n) is 7.71. The van der Waals surface area contributed by atoms with Crippen molar-refractivity contribution < 1.29 is 0 Å². The molecule has 4 heterocycles. The van der Waals surface area contributed by atoms with Gasteiger partial charge in [-0.25, -0.2) is 0 Å². The molecule has 1 aliphatic heterocycles. The Hall–Kier alpha value is -3.89. The summed E-state index contributed by atoms with van der Waals surface area (Å²) >= 11 is 0. The lowest BCUT2D eigenvalue weighted by molar-refractivity contribution is 1.33. The number of hydrogen-bond acceptors (Lipinski definition) is 3. The van der Waals surface area contributed by atoms with Crippen LogP contribution in [-0.4, -0.2) is 23.0 Å². The number of rotatable bonds is 3. The van der Waals surface area contributed by atoms with E-state index in [0.717, 1.165) is 5.69 Å². The lowest BCUT2D eigenvalue weighted by Gasteiger charge is -2.32. The van der Waals surface area contributed by atoms with Crippen molar-refractivity contribution in [1.29, 1.82) is 0 Å². The van der Waals surface area contributed by atoms with Crippen LogP contribution in [0.15, 0.2) is 116 Å². The Morgan fingerprint density at radius 1 is 0.484 bits per heavy atom. The van der Waals surface area contributed by atoms with Crippen LogP contribution in [0.5, 0.6) is 0 Å². The van der Waals surface area contributed by atoms with Crippen LogP contribution < -0.4 is 20.7 Å². The fourth-order valence-corrected chi connectivity index (χ4v) is 10.4. The minimum atomic E-state index is -2.57. The van der Waals surface area contributed by atoms with Crippen molar-refractivity contribution in [1.82, 2.24) is 15.0 Å². The maximum Gasteiger partial charge on any atom is 0.181 e. The summed E-state index contributed by atoms with van der Waals surface area (Å²) in [7, 11) is -2.57. The largest absolute Gasteiger partial charge is 0.265 e. The van der Waals surface area contributed by atoms with E-state index < -0.39 is 8.07 Å². The molecular formula is C27H19N3Si. The minimum Gasteiger partial charge on any atom is -0.265 e. The summed E-state index contributed by atoms with van der Waals surface area (Å²) in [5, 5.41) is 5.45. The van der Waals surface area contributed by atoms with Crippen LogP contribution in [0, 0.1) is 0 Å². The zero-order chi connectivity index (χ0) is 20.7. The third-order valence-electron chi connectivity index (χ3n) is 6.23. The van der Waals surface area contributed by atoms with Gasteiger partial charge in [0.15, 0.2) is 8.07 Å². The Kier molecular flexibility index (Phi) is 4.11. The van der Waals surface area contributed by atoms with Gasteiger partial charge in [0.05, 0.1) is 5.69 Å². The second-order valence-corrected chi connectivity index (χ2v) is 11.4. The maximum atomic E-state index is 4.74. The van der Waals surface area contributed by atoms with Gasteiger partial charge >= 0.3 is 0 Å². The molecule has 6 rings (SSSR count). The summed E-state index contributed by atoms with van der Waals surface area (Å²) in [5.41, 5.74) is 4.83. The van der Waals surface area contributed by atoms with Crippen molar-refractivity contribution in [3.8, 4) is 22.4 Å². The molecule has 5 aromatic rings. The zero-order valence-corrected chi connectivity index (χ0v) is 17.8. The van der Waals surface area contributed by atoms with Gasteiger partial charge in [-0.2, -0.15) is 0 Å². The molecule has 3 nitrogen and oxygen atoms in total. The van der Waals surface area contributed by atoms with Gasteiger partial charge in [-0.05, 0) is 68.3 Å². The molecule has 4 heteroatoms. The molecule has 0 bridgehead atoms.